The average Bonchev–Trinajstić information content (AvgIpc) is 2.15. The molecule has 0 aromatic heterocycles. The van der Waals surface area contributed by atoms with Crippen molar-refractivity contribution in [1.29, 1.82) is 0 Å². The Morgan fingerprint density at radius 2 is 2.47 bits per heavy atom. The predicted octanol–water partition coefficient (Wildman–Crippen LogP) is -0.417. The predicted molar refractivity (Wildman–Crippen MR) is 56.1 cm³/mol. The summed E-state index contributed by atoms with van der Waals surface area (Å²) in [6, 6.07) is -0.607. The highest BCUT2D eigenvalue weighted by atomic mass is 16.4. The summed E-state index contributed by atoms with van der Waals surface area (Å²) in [6.45, 7) is 0. The zero-order valence-electron chi connectivity index (χ0n) is 8.60. The first-order valence-corrected chi connectivity index (χ1v) is 4.74. The maximum Gasteiger partial charge on any atom is 0.321 e. The zero-order valence-corrected chi connectivity index (χ0v) is 8.60. The Hall–Kier alpha value is -1.17. The second-order valence-electron chi connectivity index (χ2n) is 3.69. The monoisotopic (exact) mass is 212 g/mol. The van der Waals surface area contributed by atoms with E-state index < -0.39 is 17.7 Å². The molecule has 1 aliphatic rings. The van der Waals surface area contributed by atoms with Crippen LogP contribution in [0.2, 0.25) is 0 Å². The van der Waals surface area contributed by atoms with Crippen LogP contribution in [0, 0.1) is 0 Å². The van der Waals surface area contributed by atoms with Crippen molar-refractivity contribution >= 4 is 5.97 Å². The number of rotatable bonds is 4. The Kier molecular flexibility index (Phi) is 3.62. The van der Waals surface area contributed by atoms with Gasteiger partial charge in [0.05, 0.1) is 0 Å². The Labute approximate surface area is 88.3 Å². The first-order chi connectivity index (χ1) is 6.94. The molecule has 5 nitrogen and oxygen atoms in total. The highest BCUT2D eigenvalue weighted by Gasteiger charge is 2.21. The molecule has 0 bridgehead atoms. The average molecular weight is 212 g/mol. The first-order valence-electron chi connectivity index (χ1n) is 4.74. The maximum atomic E-state index is 10.7. The lowest BCUT2D eigenvalue weighted by molar-refractivity contribution is -0.139. The molecule has 1 rings (SSSR count). The summed E-state index contributed by atoms with van der Waals surface area (Å²) in [5, 5.41) is 20.9. The molecule has 0 spiro atoms. The van der Waals surface area contributed by atoms with Gasteiger partial charge in [-0.3, -0.25) is 4.79 Å². The van der Waals surface area contributed by atoms with Gasteiger partial charge in [0.2, 0.25) is 0 Å². The van der Waals surface area contributed by atoms with Crippen molar-refractivity contribution in [3.05, 3.63) is 23.8 Å². The van der Waals surface area contributed by atoms with Gasteiger partial charge >= 0.3 is 5.97 Å². The smallest absolute Gasteiger partial charge is 0.321 e. The van der Waals surface area contributed by atoms with E-state index in [4.69, 9.17) is 10.8 Å². The van der Waals surface area contributed by atoms with Crippen molar-refractivity contribution in [2.45, 2.75) is 24.6 Å². The topological polar surface area (TPSA) is 95.6 Å². The quantitative estimate of drug-likeness (QED) is 0.475. The summed E-state index contributed by atoms with van der Waals surface area (Å²) in [5.41, 5.74) is 5.03. The molecule has 0 radical (unpaired) electrons. The van der Waals surface area contributed by atoms with Crippen molar-refractivity contribution in [2.75, 3.05) is 7.05 Å². The fourth-order valence-electron chi connectivity index (χ4n) is 1.38. The van der Waals surface area contributed by atoms with E-state index in [9.17, 15) is 9.90 Å². The van der Waals surface area contributed by atoms with Crippen LogP contribution < -0.4 is 11.1 Å². The summed E-state index contributed by atoms with van der Waals surface area (Å²) in [7, 11) is 1.60. The normalized spacial score (nSPS) is 27.3. The fraction of sp³-hybridized carbons (Fsp3) is 0.500. The zero-order chi connectivity index (χ0) is 11.5. The van der Waals surface area contributed by atoms with Gasteiger partial charge in [-0.2, -0.15) is 0 Å². The second-order valence-corrected chi connectivity index (χ2v) is 3.69. The molecule has 1 aliphatic carbocycles. The van der Waals surface area contributed by atoms with Gasteiger partial charge in [-0.25, -0.2) is 0 Å². The van der Waals surface area contributed by atoms with Crippen LogP contribution in [0.15, 0.2) is 23.8 Å². The number of allylic oxidation sites excluding steroid dienone is 1. The number of nitrogens with two attached hydrogens (primary N) is 1. The minimum atomic E-state index is -1.29. The molecule has 0 aromatic rings. The molecule has 2 atom stereocenters. The van der Waals surface area contributed by atoms with Gasteiger partial charge in [0.15, 0.2) is 0 Å². The molecule has 1 unspecified atom stereocenters. The lowest BCUT2D eigenvalue weighted by Crippen LogP contribution is -2.38. The van der Waals surface area contributed by atoms with Gasteiger partial charge in [-0.05, 0) is 25.1 Å². The van der Waals surface area contributed by atoms with E-state index in [2.05, 4.69) is 5.32 Å². The number of nitrogens with one attached hydrogen (secondary N) is 1. The Morgan fingerprint density at radius 3 is 2.87 bits per heavy atom. The van der Waals surface area contributed by atoms with Crippen molar-refractivity contribution in [3.8, 4) is 0 Å². The number of hydrogen-bond acceptors (Lipinski definition) is 4. The van der Waals surface area contributed by atoms with Crippen LogP contribution in [0.5, 0.6) is 0 Å². The molecule has 0 saturated carbocycles. The third-order valence-corrected chi connectivity index (χ3v) is 2.36. The number of carbonyl (C=O) groups is 1. The van der Waals surface area contributed by atoms with Gasteiger partial charge in [0.25, 0.3) is 0 Å². The Morgan fingerprint density at radius 1 is 1.80 bits per heavy atom. The van der Waals surface area contributed by atoms with Crippen LogP contribution in [0.4, 0.5) is 0 Å². The lowest BCUT2D eigenvalue weighted by atomic mass is 9.96. The van der Waals surface area contributed by atoms with E-state index in [1.54, 1.807) is 19.2 Å². The van der Waals surface area contributed by atoms with Crippen LogP contribution in [0.1, 0.15) is 12.8 Å². The van der Waals surface area contributed by atoms with Crippen molar-refractivity contribution in [2.24, 2.45) is 5.73 Å². The third kappa shape index (κ3) is 3.47. The lowest BCUT2D eigenvalue weighted by Gasteiger charge is -2.22. The van der Waals surface area contributed by atoms with E-state index in [1.165, 1.54) is 6.08 Å². The van der Waals surface area contributed by atoms with Gasteiger partial charge < -0.3 is 21.3 Å². The van der Waals surface area contributed by atoms with Crippen LogP contribution in [0.3, 0.4) is 0 Å². The van der Waals surface area contributed by atoms with Gasteiger partial charge in [-0.1, -0.05) is 12.2 Å². The van der Waals surface area contributed by atoms with Crippen LogP contribution in [0.25, 0.3) is 0 Å². The van der Waals surface area contributed by atoms with Gasteiger partial charge in [-0.15, -0.1) is 0 Å². The van der Waals surface area contributed by atoms with E-state index in [0.717, 1.165) is 5.57 Å². The standard InChI is InChI=1S/C10H16N2O3/c1-12-8(9(13)14)6-7-2-4-10(11,15)5-3-7/h2-4,8,12,15H,5-6,11H2,1H3,(H,13,14)/t8-,10?/m0/s1. The van der Waals surface area contributed by atoms with Crippen LogP contribution >= 0.6 is 0 Å². The summed E-state index contributed by atoms with van der Waals surface area (Å²) in [6.07, 6.45) is 5.61. The first kappa shape index (κ1) is 11.9. The molecular weight excluding hydrogens is 196 g/mol. The van der Waals surface area contributed by atoms with E-state index in [-0.39, 0.29) is 0 Å². The molecule has 0 amide bonds. The largest absolute Gasteiger partial charge is 0.480 e. The van der Waals surface area contributed by atoms with Crippen LogP contribution in [-0.4, -0.2) is 35.0 Å². The summed E-state index contributed by atoms with van der Waals surface area (Å²) < 4.78 is 0. The summed E-state index contributed by atoms with van der Waals surface area (Å²) in [5.74, 6) is -0.889. The number of likely N-dealkylation sites (N-methyl/N-ethyl adjacent to an activating group) is 1. The molecule has 0 aliphatic heterocycles. The molecular formula is C10H16N2O3. The summed E-state index contributed by atoms with van der Waals surface area (Å²) in [4.78, 5) is 10.7. The Balaban J connectivity index is 2.58. The summed E-state index contributed by atoms with van der Waals surface area (Å²) >= 11 is 0. The van der Waals surface area contributed by atoms with E-state index in [0.29, 0.717) is 12.8 Å². The van der Waals surface area contributed by atoms with Crippen LogP contribution in [-0.2, 0) is 4.79 Å². The number of carboxylic acids is 1. The molecule has 0 aromatic carbocycles. The minimum absolute atomic E-state index is 0.314. The highest BCUT2D eigenvalue weighted by Crippen LogP contribution is 2.19. The van der Waals surface area contributed by atoms with Crippen molar-refractivity contribution in [3.63, 3.8) is 0 Å². The van der Waals surface area contributed by atoms with E-state index >= 15 is 0 Å². The second kappa shape index (κ2) is 4.57. The van der Waals surface area contributed by atoms with E-state index in [1.807, 2.05) is 0 Å². The molecule has 84 valence electrons. The molecule has 15 heavy (non-hydrogen) atoms. The fourth-order valence-corrected chi connectivity index (χ4v) is 1.38. The number of aliphatic hydroxyl groups is 1. The molecule has 0 fully saturated rings. The molecule has 0 heterocycles. The SMILES string of the molecule is CN[C@@H](CC1=CCC(N)(O)C=C1)C(=O)O. The molecule has 5 heteroatoms. The molecule has 5 N–H and O–H groups in total. The number of carboxylic acid groups (broad SMARTS) is 1. The van der Waals surface area contributed by atoms with Gasteiger partial charge in [0, 0.05) is 6.42 Å². The number of aliphatic carboxylic acids is 1. The van der Waals surface area contributed by atoms with Gasteiger partial charge in [0.1, 0.15) is 11.8 Å². The van der Waals surface area contributed by atoms with Crippen molar-refractivity contribution in [1.82, 2.24) is 5.32 Å². The minimum Gasteiger partial charge on any atom is -0.480 e. The Bertz CT molecular complexity index is 308. The molecule has 0 saturated heterocycles. The number of hydrogen-bond donors (Lipinski definition) is 4. The third-order valence-electron chi connectivity index (χ3n) is 2.36. The van der Waals surface area contributed by atoms with Crippen molar-refractivity contribution < 1.29 is 15.0 Å². The highest BCUT2D eigenvalue weighted by molar-refractivity contribution is 5.74. The maximum absolute atomic E-state index is 10.7.